The van der Waals surface area contributed by atoms with Gasteiger partial charge in [-0.3, -0.25) is 4.98 Å². The third-order valence-electron chi connectivity index (χ3n) is 8.77. The minimum Gasteiger partial charge on any atom is -0.507 e. The average molecular weight is 604 g/mol. The Morgan fingerprint density at radius 3 is 2.05 bits per heavy atom. The van der Waals surface area contributed by atoms with Gasteiger partial charge in [-0.25, -0.2) is 4.98 Å². The van der Waals surface area contributed by atoms with Crippen molar-refractivity contribution in [3.8, 4) is 39.5 Å². The van der Waals surface area contributed by atoms with E-state index in [4.69, 9.17) is 4.98 Å². The molecule has 5 rings (SSSR count). The topological polar surface area (TPSA) is 50.9 Å². The quantitative estimate of drug-likeness (QED) is 0.203. The molecule has 0 atom stereocenters. The number of aromatic nitrogens is 3. The van der Waals surface area contributed by atoms with E-state index in [2.05, 4.69) is 140 Å². The third-order valence-corrected chi connectivity index (χ3v) is 10.8. The van der Waals surface area contributed by atoms with Crippen molar-refractivity contribution in [1.29, 1.82) is 0 Å². The average Bonchev–Trinajstić information content (AvgIpc) is 3.27. The van der Waals surface area contributed by atoms with Crippen molar-refractivity contribution in [3.63, 3.8) is 0 Å². The second-order valence-electron chi connectivity index (χ2n) is 15.8. The number of fused-ring (bicyclic) bond motifs is 1. The molecule has 44 heavy (non-hydrogen) atoms. The maximum Gasteiger partial charge on any atom is 0.144 e. The summed E-state index contributed by atoms with van der Waals surface area (Å²) in [6.07, 6.45) is 1.86. The Labute approximate surface area is 265 Å². The highest BCUT2D eigenvalue weighted by molar-refractivity contribution is 6.88. The number of phenols is 1. The summed E-state index contributed by atoms with van der Waals surface area (Å²) < 4.78 is 2.18. The number of imidazole rings is 1. The highest BCUT2D eigenvalue weighted by Gasteiger charge is 2.28. The van der Waals surface area contributed by atoms with Crippen LogP contribution < -0.4 is 5.19 Å². The van der Waals surface area contributed by atoms with E-state index >= 15 is 0 Å². The van der Waals surface area contributed by atoms with Crippen LogP contribution in [0.2, 0.25) is 19.6 Å². The fourth-order valence-corrected chi connectivity index (χ4v) is 6.96. The molecule has 0 spiro atoms. The minimum absolute atomic E-state index is 0.0810. The molecule has 0 bridgehead atoms. The number of aryl methyl sites for hydroxylation is 1. The van der Waals surface area contributed by atoms with E-state index < -0.39 is 8.07 Å². The predicted molar refractivity (Wildman–Crippen MR) is 191 cm³/mol. The van der Waals surface area contributed by atoms with Crippen molar-refractivity contribution in [3.05, 3.63) is 83.6 Å². The van der Waals surface area contributed by atoms with Gasteiger partial charge in [0.1, 0.15) is 11.6 Å². The Balaban J connectivity index is 1.86. The molecule has 2 aromatic heterocycles. The van der Waals surface area contributed by atoms with E-state index in [0.717, 1.165) is 50.4 Å². The van der Waals surface area contributed by atoms with E-state index in [9.17, 15) is 5.11 Å². The van der Waals surface area contributed by atoms with Gasteiger partial charge < -0.3 is 9.67 Å². The molecular formula is C39H49N3OSi. The molecule has 0 unspecified atom stereocenters. The molecule has 0 saturated heterocycles. The summed E-state index contributed by atoms with van der Waals surface area (Å²) in [5.41, 5.74) is 10.3. The zero-order chi connectivity index (χ0) is 32.4. The molecule has 5 aromatic rings. The van der Waals surface area contributed by atoms with Crippen molar-refractivity contribution >= 4 is 24.3 Å². The Morgan fingerprint density at radius 2 is 1.48 bits per heavy atom. The van der Waals surface area contributed by atoms with E-state index in [1.807, 2.05) is 18.3 Å². The Hall–Kier alpha value is -3.70. The molecule has 0 fully saturated rings. The summed E-state index contributed by atoms with van der Waals surface area (Å²) in [5, 5.41) is 13.2. The van der Waals surface area contributed by atoms with Gasteiger partial charge in [-0.15, -0.1) is 0 Å². The number of nitrogens with zero attached hydrogens (tertiary/aromatic N) is 3. The number of benzene rings is 3. The number of rotatable bonds is 5. The number of pyridine rings is 1. The molecule has 0 aliphatic carbocycles. The van der Waals surface area contributed by atoms with Gasteiger partial charge in [-0.05, 0) is 69.8 Å². The molecule has 230 valence electrons. The Morgan fingerprint density at radius 1 is 0.795 bits per heavy atom. The van der Waals surface area contributed by atoms with Crippen LogP contribution in [0.3, 0.4) is 0 Å². The maximum absolute atomic E-state index is 11.8. The first-order valence-electron chi connectivity index (χ1n) is 15.8. The van der Waals surface area contributed by atoms with E-state index in [0.29, 0.717) is 11.7 Å². The molecule has 3 aromatic carbocycles. The fourth-order valence-electron chi connectivity index (χ4n) is 5.81. The zero-order valence-corrected chi connectivity index (χ0v) is 29.7. The monoisotopic (exact) mass is 603 g/mol. The summed E-state index contributed by atoms with van der Waals surface area (Å²) in [6.45, 7) is 24.8. The van der Waals surface area contributed by atoms with Crippen molar-refractivity contribution in [2.45, 2.75) is 91.8 Å². The third kappa shape index (κ3) is 5.99. The van der Waals surface area contributed by atoms with Gasteiger partial charge in [0.05, 0.1) is 30.4 Å². The first-order valence-corrected chi connectivity index (χ1v) is 19.3. The summed E-state index contributed by atoms with van der Waals surface area (Å²) in [7, 11) is 0.387. The van der Waals surface area contributed by atoms with Crippen molar-refractivity contribution in [1.82, 2.24) is 14.5 Å². The lowest BCUT2D eigenvalue weighted by molar-refractivity contribution is 0.446. The molecule has 4 nitrogen and oxygen atoms in total. The van der Waals surface area contributed by atoms with Crippen LogP contribution >= 0.6 is 0 Å². The van der Waals surface area contributed by atoms with E-state index in [1.54, 1.807) is 0 Å². The smallest absolute Gasteiger partial charge is 0.144 e. The summed E-state index contributed by atoms with van der Waals surface area (Å²) in [4.78, 5) is 10.1. The number of aromatic hydroxyl groups is 1. The summed E-state index contributed by atoms with van der Waals surface area (Å²) in [6, 6.07) is 22.0. The second-order valence-corrected chi connectivity index (χ2v) is 20.8. The fraction of sp³-hybridized carbons (Fsp3) is 0.385. The number of hydrogen-bond acceptors (Lipinski definition) is 3. The Kier molecular flexibility index (Phi) is 7.95. The minimum atomic E-state index is -1.70. The largest absolute Gasteiger partial charge is 0.507 e. The summed E-state index contributed by atoms with van der Waals surface area (Å²) >= 11 is 0. The number of phenolic OH excluding ortho intramolecular Hbond substituents is 1. The van der Waals surface area contributed by atoms with Gasteiger partial charge >= 0.3 is 0 Å². The highest BCUT2D eigenvalue weighted by atomic mass is 28.3. The van der Waals surface area contributed by atoms with Crippen LogP contribution in [0.1, 0.15) is 78.0 Å². The lowest BCUT2D eigenvalue weighted by atomic mass is 9.79. The van der Waals surface area contributed by atoms with Crippen LogP contribution in [0.4, 0.5) is 0 Å². The van der Waals surface area contributed by atoms with Crippen molar-refractivity contribution < 1.29 is 5.11 Å². The van der Waals surface area contributed by atoms with Crippen LogP contribution in [0.5, 0.6) is 5.75 Å². The lowest BCUT2D eigenvalue weighted by Crippen LogP contribution is -2.37. The van der Waals surface area contributed by atoms with Gasteiger partial charge in [0, 0.05) is 29.9 Å². The molecule has 0 amide bonds. The lowest BCUT2D eigenvalue weighted by Gasteiger charge is -2.27. The molecule has 0 saturated carbocycles. The van der Waals surface area contributed by atoms with Gasteiger partial charge in [-0.2, -0.15) is 0 Å². The van der Waals surface area contributed by atoms with Crippen molar-refractivity contribution in [2.24, 2.45) is 7.05 Å². The van der Waals surface area contributed by atoms with Gasteiger partial charge in [0.2, 0.25) is 0 Å². The first-order chi connectivity index (χ1) is 20.4. The van der Waals surface area contributed by atoms with Gasteiger partial charge in [0.15, 0.2) is 0 Å². The molecule has 5 heteroatoms. The molecule has 0 aliphatic rings. The predicted octanol–water partition coefficient (Wildman–Crippen LogP) is 9.94. The zero-order valence-electron chi connectivity index (χ0n) is 28.7. The van der Waals surface area contributed by atoms with Gasteiger partial charge in [0.25, 0.3) is 0 Å². The van der Waals surface area contributed by atoms with Crippen LogP contribution in [-0.4, -0.2) is 27.7 Å². The maximum atomic E-state index is 11.8. The van der Waals surface area contributed by atoms with Crippen LogP contribution in [0.25, 0.3) is 44.8 Å². The highest BCUT2D eigenvalue weighted by Crippen LogP contribution is 2.43. The second kappa shape index (κ2) is 11.0. The summed E-state index contributed by atoms with van der Waals surface area (Å²) in [5.74, 6) is 1.46. The van der Waals surface area contributed by atoms with Gasteiger partial charge in [-0.1, -0.05) is 104 Å². The SMILES string of the molecule is CC(C)c1cc(-c2ccccn2)cc(-c2cc([Si](C)(C)C)cc3c2nc(-c2cc(C(C)(C)C)cc(C(C)(C)C)c2O)n3C)c1. The normalized spacial score (nSPS) is 12.8. The molecular weight excluding hydrogens is 555 g/mol. The molecule has 0 radical (unpaired) electrons. The number of hydrogen-bond donors (Lipinski definition) is 1. The van der Waals surface area contributed by atoms with Crippen molar-refractivity contribution in [2.75, 3.05) is 0 Å². The molecule has 0 aliphatic heterocycles. The standard InChI is InChI=1S/C39H49N3OSi/c1-24(2)25-17-26(19-27(18-25)33-15-13-14-16-40-33)30-22-29(44(10,11)12)23-34-35(30)41-37(42(34)9)31-20-28(38(3,4)5)21-32(36(31)43)39(6,7)8/h13-24,43H,1-12H3. The molecule has 2 heterocycles. The molecule has 1 N–H and O–H groups in total. The van der Waals surface area contributed by atoms with Crippen LogP contribution in [0, 0.1) is 0 Å². The first kappa shape index (κ1) is 31.7. The van der Waals surface area contributed by atoms with Crippen LogP contribution in [0.15, 0.2) is 66.9 Å². The van der Waals surface area contributed by atoms with Crippen LogP contribution in [-0.2, 0) is 17.9 Å². The van der Waals surface area contributed by atoms with E-state index in [-0.39, 0.29) is 10.8 Å². The van der Waals surface area contributed by atoms with E-state index in [1.165, 1.54) is 16.3 Å². The Bertz CT molecular complexity index is 1850.